The predicted octanol–water partition coefficient (Wildman–Crippen LogP) is -4.03. The fourth-order valence-corrected chi connectivity index (χ4v) is 3.72. The fraction of sp³-hybridized carbons (Fsp3) is 0.556. The normalized spacial score (nSPS) is 21.3. The van der Waals surface area contributed by atoms with E-state index in [9.17, 15) is 24.6 Å². The van der Waals surface area contributed by atoms with Gasteiger partial charge in [0, 0.05) is 25.4 Å². The number of aromatic nitrogens is 2. The van der Waals surface area contributed by atoms with E-state index < -0.39 is 36.0 Å². The zero-order valence-electron chi connectivity index (χ0n) is 17.2. The summed E-state index contributed by atoms with van der Waals surface area (Å²) in [4.78, 5) is 37.9. The average molecular weight is 414 g/mol. The Morgan fingerprint density at radius 2 is 2.10 bits per heavy atom. The van der Waals surface area contributed by atoms with E-state index in [4.69, 9.17) is 4.74 Å². The Kier molecular flexibility index (Phi) is 7.15. The third kappa shape index (κ3) is 4.20. The maximum atomic E-state index is 12.3. The van der Waals surface area contributed by atoms with Gasteiger partial charge in [-0.1, -0.05) is 0 Å². The van der Waals surface area contributed by atoms with Crippen LogP contribution in [-0.4, -0.2) is 75.5 Å². The minimum atomic E-state index is -1.44. The van der Waals surface area contributed by atoms with E-state index in [0.29, 0.717) is 17.8 Å². The Hall–Kier alpha value is -1.88. The van der Waals surface area contributed by atoms with Crippen LogP contribution in [0, 0.1) is 12.8 Å². The number of rotatable bonds is 6. The number of aliphatic hydroxyl groups excluding tert-OH is 1. The van der Waals surface area contributed by atoms with Crippen molar-refractivity contribution >= 4 is 23.5 Å². The molecule has 0 radical (unpaired) electrons. The molecule has 0 saturated carbocycles. The SMILES string of the molecule is Cc1cc(C2=C(C(=O)[O-])N3C(=O)[C@H]([C@@H](C)O)C3C2)nn1CCOC(=O)N(C)C.[Na+]. The van der Waals surface area contributed by atoms with Gasteiger partial charge < -0.3 is 29.5 Å². The monoisotopic (exact) mass is 414 g/mol. The van der Waals surface area contributed by atoms with Gasteiger partial charge in [-0.05, 0) is 26.3 Å². The van der Waals surface area contributed by atoms with Crippen LogP contribution >= 0.6 is 0 Å². The molecule has 152 valence electrons. The molecule has 11 heteroatoms. The summed E-state index contributed by atoms with van der Waals surface area (Å²) in [6.45, 7) is 3.74. The molecule has 2 amide bonds. The van der Waals surface area contributed by atoms with Gasteiger partial charge in [0.2, 0.25) is 5.91 Å². The molecular weight excluding hydrogens is 391 g/mol. The van der Waals surface area contributed by atoms with Crippen molar-refractivity contribution in [2.75, 3.05) is 20.7 Å². The number of carboxylic acids is 1. The van der Waals surface area contributed by atoms with Gasteiger partial charge in [0.1, 0.15) is 6.61 Å². The van der Waals surface area contributed by atoms with Crippen LogP contribution in [-0.2, 0) is 20.9 Å². The molecule has 2 aliphatic heterocycles. The van der Waals surface area contributed by atoms with Gasteiger partial charge in [-0.2, -0.15) is 5.10 Å². The number of amides is 2. The molecule has 0 aromatic carbocycles. The molecule has 3 heterocycles. The number of hydrogen-bond donors (Lipinski definition) is 1. The molecule has 3 atom stereocenters. The number of nitrogens with zero attached hydrogens (tertiary/aromatic N) is 4. The first kappa shape index (κ1) is 23.4. The van der Waals surface area contributed by atoms with E-state index in [1.807, 2.05) is 0 Å². The second-order valence-electron chi connectivity index (χ2n) is 7.26. The first-order valence-electron chi connectivity index (χ1n) is 8.98. The molecule has 1 N–H and O–H groups in total. The maximum absolute atomic E-state index is 12.3. The van der Waals surface area contributed by atoms with Crippen molar-refractivity contribution in [1.82, 2.24) is 19.6 Å². The van der Waals surface area contributed by atoms with Gasteiger partial charge in [-0.25, -0.2) is 4.79 Å². The summed E-state index contributed by atoms with van der Waals surface area (Å²) in [6.07, 6.45) is -1.03. The number of aliphatic hydroxyl groups is 1. The molecule has 2 aliphatic rings. The van der Waals surface area contributed by atoms with Gasteiger partial charge in [-0.15, -0.1) is 0 Å². The van der Waals surface area contributed by atoms with Gasteiger partial charge in [0.25, 0.3) is 0 Å². The standard InChI is InChI=1S/C18H24N4O6.Na/c1-9-7-12(19-21(9)5-6-28-18(27)20(3)4)11-8-13-14(10(2)23)16(24)22(13)15(11)17(25)26;/h7,10,13-14,23H,5-6,8H2,1-4H3,(H,25,26);/q;+1/p-1/t10-,13?,14-;/m1./s1. The molecule has 1 unspecified atom stereocenters. The number of ether oxygens (including phenoxy) is 1. The summed E-state index contributed by atoms with van der Waals surface area (Å²) < 4.78 is 6.70. The van der Waals surface area contributed by atoms with Crippen molar-refractivity contribution in [3.05, 3.63) is 23.2 Å². The van der Waals surface area contributed by atoms with Gasteiger partial charge >= 0.3 is 35.7 Å². The second kappa shape index (κ2) is 8.86. The summed E-state index contributed by atoms with van der Waals surface area (Å²) in [5.74, 6) is -2.48. The number of aryl methyl sites for hydroxylation is 1. The largest absolute Gasteiger partial charge is 1.00 e. The van der Waals surface area contributed by atoms with Crippen molar-refractivity contribution < 1.29 is 58.9 Å². The Morgan fingerprint density at radius 1 is 1.45 bits per heavy atom. The molecule has 1 aromatic rings. The van der Waals surface area contributed by atoms with E-state index in [1.165, 1.54) is 16.7 Å². The van der Waals surface area contributed by atoms with E-state index >= 15 is 0 Å². The molecule has 1 aromatic heterocycles. The molecule has 10 nitrogen and oxygen atoms in total. The van der Waals surface area contributed by atoms with Crippen LogP contribution in [0.4, 0.5) is 4.79 Å². The minimum Gasteiger partial charge on any atom is -0.543 e. The van der Waals surface area contributed by atoms with Crippen molar-refractivity contribution in [2.45, 2.75) is 39.0 Å². The van der Waals surface area contributed by atoms with E-state index in [2.05, 4.69) is 5.10 Å². The van der Waals surface area contributed by atoms with Crippen molar-refractivity contribution in [3.8, 4) is 0 Å². The van der Waals surface area contributed by atoms with Gasteiger partial charge in [0.15, 0.2) is 0 Å². The summed E-state index contributed by atoms with van der Waals surface area (Å²) in [7, 11) is 3.16. The van der Waals surface area contributed by atoms with Crippen LogP contribution in [0.2, 0.25) is 0 Å². The van der Waals surface area contributed by atoms with Crippen LogP contribution in [0.25, 0.3) is 5.57 Å². The predicted molar refractivity (Wildman–Crippen MR) is 94.3 cm³/mol. The number of carbonyl (C=O) groups excluding carboxylic acids is 3. The van der Waals surface area contributed by atoms with Gasteiger partial charge in [-0.3, -0.25) is 9.48 Å². The summed E-state index contributed by atoms with van der Waals surface area (Å²) in [6, 6.07) is 1.32. The number of β-lactam (4-membered cyclic amide) rings is 1. The fourth-order valence-electron chi connectivity index (χ4n) is 3.72. The summed E-state index contributed by atoms with van der Waals surface area (Å²) in [5, 5.41) is 25.9. The van der Waals surface area contributed by atoms with Crippen LogP contribution in [0.3, 0.4) is 0 Å². The van der Waals surface area contributed by atoms with E-state index in [1.54, 1.807) is 31.8 Å². The summed E-state index contributed by atoms with van der Waals surface area (Å²) in [5.41, 5.74) is 1.42. The second-order valence-corrected chi connectivity index (χ2v) is 7.26. The van der Waals surface area contributed by atoms with Crippen molar-refractivity contribution in [3.63, 3.8) is 0 Å². The Labute approximate surface area is 190 Å². The van der Waals surface area contributed by atoms with Gasteiger partial charge in [0.05, 0.1) is 42.0 Å². The quantitative estimate of drug-likeness (QED) is 0.371. The zero-order chi connectivity index (χ0) is 20.7. The number of aliphatic carboxylic acids is 1. The first-order chi connectivity index (χ1) is 13.1. The topological polar surface area (TPSA) is 128 Å². The number of fused-ring (bicyclic) bond motifs is 1. The average Bonchev–Trinajstić information content (AvgIpc) is 3.12. The molecule has 0 spiro atoms. The van der Waals surface area contributed by atoms with E-state index in [-0.39, 0.29) is 48.3 Å². The smallest absolute Gasteiger partial charge is 0.543 e. The molecule has 0 bridgehead atoms. The maximum Gasteiger partial charge on any atom is 1.00 e. The van der Waals surface area contributed by atoms with Crippen LogP contribution in [0.1, 0.15) is 24.7 Å². The van der Waals surface area contributed by atoms with Crippen LogP contribution in [0.15, 0.2) is 11.8 Å². The Bertz CT molecular complexity index is 863. The van der Waals surface area contributed by atoms with E-state index in [0.717, 1.165) is 5.69 Å². The number of carbonyl (C=O) groups is 3. The Balaban J connectivity index is 0.00000300. The van der Waals surface area contributed by atoms with Crippen LogP contribution < -0.4 is 34.7 Å². The molecule has 1 saturated heterocycles. The molecule has 29 heavy (non-hydrogen) atoms. The molecular formula is C18H23N4NaO6. The molecule has 3 rings (SSSR count). The third-order valence-electron chi connectivity index (χ3n) is 5.11. The molecule has 1 fully saturated rings. The van der Waals surface area contributed by atoms with Crippen molar-refractivity contribution in [1.29, 1.82) is 0 Å². The number of carboxylic acid groups (broad SMARTS) is 1. The number of hydrogen-bond acceptors (Lipinski definition) is 7. The molecule has 0 aliphatic carbocycles. The zero-order valence-corrected chi connectivity index (χ0v) is 19.2. The van der Waals surface area contributed by atoms with Crippen molar-refractivity contribution in [2.24, 2.45) is 5.92 Å². The first-order valence-corrected chi connectivity index (χ1v) is 8.98. The summed E-state index contributed by atoms with van der Waals surface area (Å²) >= 11 is 0. The van der Waals surface area contributed by atoms with Crippen LogP contribution in [0.5, 0.6) is 0 Å². The minimum absolute atomic E-state index is 0. The Morgan fingerprint density at radius 3 is 2.66 bits per heavy atom. The third-order valence-corrected chi connectivity index (χ3v) is 5.11.